The number of piperidine rings is 1. The smallest absolute Gasteiger partial charge is 0.311 e. The molecule has 24 heavy (non-hydrogen) atoms. The molecular weight excluding hydrogens is 315 g/mol. The number of likely N-dealkylation sites (tertiary alicyclic amines) is 1. The summed E-state index contributed by atoms with van der Waals surface area (Å²) in [6, 6.07) is 6.39. The number of nitrogens with one attached hydrogen (secondary N) is 1. The van der Waals surface area contributed by atoms with Crippen LogP contribution in [0.1, 0.15) is 18.4 Å². The number of halogens is 1. The summed E-state index contributed by atoms with van der Waals surface area (Å²) in [6.45, 7) is 2.23. The number of carbonyl (C=O) groups excluding carboxylic acids is 2. The fraction of sp³-hybridized carbons (Fsp3) is 0.529. The van der Waals surface area contributed by atoms with Gasteiger partial charge in [-0.3, -0.25) is 9.59 Å². The van der Waals surface area contributed by atoms with Crippen LogP contribution in [0, 0.1) is 5.82 Å². The van der Waals surface area contributed by atoms with E-state index in [1.54, 1.807) is 18.2 Å². The number of ether oxygens (including phenoxy) is 2. The largest absolute Gasteiger partial charge is 0.347 e. The Labute approximate surface area is 139 Å². The van der Waals surface area contributed by atoms with Crippen LogP contribution in [0.15, 0.2) is 24.3 Å². The van der Waals surface area contributed by atoms with Crippen molar-refractivity contribution in [3.05, 3.63) is 35.6 Å². The molecule has 1 aromatic rings. The number of amides is 2. The molecular formula is C17H21FN2O4. The van der Waals surface area contributed by atoms with E-state index in [0.29, 0.717) is 51.1 Å². The number of hydrogen-bond donors (Lipinski definition) is 1. The van der Waals surface area contributed by atoms with Gasteiger partial charge in [0.1, 0.15) is 5.82 Å². The first-order valence-electron chi connectivity index (χ1n) is 8.18. The summed E-state index contributed by atoms with van der Waals surface area (Å²) in [6.07, 6.45) is 1.49. The lowest BCUT2D eigenvalue weighted by atomic mass is 10.0. The van der Waals surface area contributed by atoms with Crippen LogP contribution >= 0.6 is 0 Å². The minimum Gasteiger partial charge on any atom is -0.347 e. The van der Waals surface area contributed by atoms with E-state index in [2.05, 4.69) is 5.32 Å². The number of hydrogen-bond acceptors (Lipinski definition) is 4. The summed E-state index contributed by atoms with van der Waals surface area (Å²) in [4.78, 5) is 25.6. The molecule has 7 heteroatoms. The second-order valence-corrected chi connectivity index (χ2v) is 6.00. The van der Waals surface area contributed by atoms with Gasteiger partial charge in [-0.05, 0) is 18.1 Å². The minimum absolute atomic E-state index is 0.218. The molecule has 3 rings (SSSR count). The molecule has 1 aromatic carbocycles. The van der Waals surface area contributed by atoms with Gasteiger partial charge in [0, 0.05) is 32.5 Å². The molecule has 2 saturated heterocycles. The highest BCUT2D eigenvalue weighted by Crippen LogP contribution is 2.31. The van der Waals surface area contributed by atoms with Crippen molar-refractivity contribution >= 4 is 11.8 Å². The molecule has 2 aliphatic rings. The Bertz CT molecular complexity index is 606. The first-order chi connectivity index (χ1) is 11.6. The van der Waals surface area contributed by atoms with E-state index in [9.17, 15) is 14.0 Å². The molecule has 130 valence electrons. The predicted octanol–water partition coefficient (Wildman–Crippen LogP) is 0.850. The summed E-state index contributed by atoms with van der Waals surface area (Å²) >= 11 is 0. The summed E-state index contributed by atoms with van der Waals surface area (Å²) in [7, 11) is 0. The van der Waals surface area contributed by atoms with Gasteiger partial charge in [0.2, 0.25) is 0 Å². The Morgan fingerprint density at radius 2 is 1.83 bits per heavy atom. The molecule has 0 atom stereocenters. The van der Waals surface area contributed by atoms with Crippen LogP contribution < -0.4 is 5.32 Å². The average molecular weight is 336 g/mol. The van der Waals surface area contributed by atoms with Crippen molar-refractivity contribution in [2.45, 2.75) is 25.0 Å². The van der Waals surface area contributed by atoms with E-state index in [-0.39, 0.29) is 12.4 Å². The van der Waals surface area contributed by atoms with Crippen molar-refractivity contribution in [1.29, 1.82) is 0 Å². The topological polar surface area (TPSA) is 67.9 Å². The highest BCUT2D eigenvalue weighted by Gasteiger charge is 2.41. The third kappa shape index (κ3) is 3.73. The van der Waals surface area contributed by atoms with Gasteiger partial charge < -0.3 is 19.7 Å². The van der Waals surface area contributed by atoms with Crippen molar-refractivity contribution in [1.82, 2.24) is 10.2 Å². The quantitative estimate of drug-likeness (QED) is 0.831. The SMILES string of the molecule is O=C(NCCc1ccccc1F)C(=O)N1CCC2(CC1)OCCO2. The second kappa shape index (κ2) is 7.27. The molecule has 2 amide bonds. The number of nitrogens with zero attached hydrogens (tertiary/aromatic N) is 1. The van der Waals surface area contributed by atoms with Gasteiger partial charge in [0.25, 0.3) is 0 Å². The van der Waals surface area contributed by atoms with Crippen LogP contribution in [0.2, 0.25) is 0 Å². The monoisotopic (exact) mass is 336 g/mol. The van der Waals surface area contributed by atoms with Gasteiger partial charge in [0.15, 0.2) is 5.79 Å². The fourth-order valence-electron chi connectivity index (χ4n) is 3.07. The van der Waals surface area contributed by atoms with Crippen molar-refractivity contribution < 1.29 is 23.5 Å². The maximum atomic E-state index is 13.5. The molecule has 0 aliphatic carbocycles. The van der Waals surface area contributed by atoms with Crippen LogP contribution in [0.3, 0.4) is 0 Å². The van der Waals surface area contributed by atoms with Gasteiger partial charge in [-0.15, -0.1) is 0 Å². The molecule has 1 spiro atoms. The number of benzene rings is 1. The highest BCUT2D eigenvalue weighted by molar-refractivity contribution is 6.35. The first kappa shape index (κ1) is 16.9. The number of carbonyl (C=O) groups is 2. The van der Waals surface area contributed by atoms with Crippen molar-refractivity contribution in [2.24, 2.45) is 0 Å². The van der Waals surface area contributed by atoms with Crippen molar-refractivity contribution in [3.63, 3.8) is 0 Å². The average Bonchev–Trinajstić information content (AvgIpc) is 3.04. The Morgan fingerprint density at radius 3 is 2.50 bits per heavy atom. The van der Waals surface area contributed by atoms with Crippen LogP contribution in [-0.4, -0.2) is 55.3 Å². The van der Waals surface area contributed by atoms with E-state index in [0.717, 1.165) is 0 Å². The first-order valence-corrected chi connectivity index (χ1v) is 8.18. The van der Waals surface area contributed by atoms with E-state index in [1.807, 2.05) is 0 Å². The normalized spacial score (nSPS) is 19.5. The van der Waals surface area contributed by atoms with Gasteiger partial charge in [-0.1, -0.05) is 18.2 Å². The van der Waals surface area contributed by atoms with E-state index in [4.69, 9.17) is 9.47 Å². The molecule has 0 aromatic heterocycles. The molecule has 0 saturated carbocycles. The summed E-state index contributed by atoms with van der Waals surface area (Å²) in [5, 5.41) is 2.56. The molecule has 0 bridgehead atoms. The Morgan fingerprint density at radius 1 is 1.17 bits per heavy atom. The lowest BCUT2D eigenvalue weighted by molar-refractivity contribution is -0.188. The lowest BCUT2D eigenvalue weighted by Gasteiger charge is -2.37. The highest BCUT2D eigenvalue weighted by atomic mass is 19.1. The summed E-state index contributed by atoms with van der Waals surface area (Å²) < 4.78 is 24.7. The lowest BCUT2D eigenvalue weighted by Crippen LogP contribution is -2.51. The van der Waals surface area contributed by atoms with E-state index in [1.165, 1.54) is 11.0 Å². The third-order valence-electron chi connectivity index (χ3n) is 4.46. The van der Waals surface area contributed by atoms with Crippen LogP contribution in [0.5, 0.6) is 0 Å². The zero-order valence-electron chi connectivity index (χ0n) is 13.4. The van der Waals surface area contributed by atoms with Crippen molar-refractivity contribution in [2.75, 3.05) is 32.8 Å². The standard InChI is InChI=1S/C17H21FN2O4/c18-14-4-2-1-3-13(14)5-8-19-15(21)16(22)20-9-6-17(7-10-20)23-11-12-24-17/h1-4H,5-12H2,(H,19,21). The van der Waals surface area contributed by atoms with Crippen LogP contribution in [-0.2, 0) is 25.5 Å². The maximum absolute atomic E-state index is 13.5. The number of rotatable bonds is 3. The molecule has 0 radical (unpaired) electrons. The minimum atomic E-state index is -0.657. The Kier molecular flexibility index (Phi) is 5.11. The second-order valence-electron chi connectivity index (χ2n) is 6.00. The third-order valence-corrected chi connectivity index (χ3v) is 4.46. The van der Waals surface area contributed by atoms with Gasteiger partial charge in [-0.2, -0.15) is 0 Å². The van der Waals surface area contributed by atoms with Crippen molar-refractivity contribution in [3.8, 4) is 0 Å². The van der Waals surface area contributed by atoms with Gasteiger partial charge >= 0.3 is 11.8 Å². The zero-order chi connectivity index (χ0) is 17.0. The van der Waals surface area contributed by atoms with Crippen LogP contribution in [0.4, 0.5) is 4.39 Å². The molecule has 1 N–H and O–H groups in total. The van der Waals surface area contributed by atoms with Gasteiger partial charge in [0.05, 0.1) is 13.2 Å². The molecule has 2 aliphatic heterocycles. The fourth-order valence-corrected chi connectivity index (χ4v) is 3.07. The van der Waals surface area contributed by atoms with E-state index < -0.39 is 17.6 Å². The summed E-state index contributed by atoms with van der Waals surface area (Å²) in [5.41, 5.74) is 0.515. The van der Waals surface area contributed by atoms with Crippen LogP contribution in [0.25, 0.3) is 0 Å². The zero-order valence-corrected chi connectivity index (χ0v) is 13.4. The van der Waals surface area contributed by atoms with E-state index >= 15 is 0 Å². The molecule has 2 heterocycles. The predicted molar refractivity (Wildman–Crippen MR) is 83.6 cm³/mol. The van der Waals surface area contributed by atoms with Gasteiger partial charge in [-0.25, -0.2) is 4.39 Å². The Hall–Kier alpha value is -1.99. The molecule has 0 unspecified atom stereocenters. The summed E-state index contributed by atoms with van der Waals surface area (Å²) in [5.74, 6) is -2.10. The molecule has 2 fully saturated rings. The Balaban J connectivity index is 1.44. The molecule has 6 nitrogen and oxygen atoms in total. The maximum Gasteiger partial charge on any atom is 0.311 e.